The number of aliphatic carboxylic acids is 1. The smallest absolute Gasteiger partial charge is 0.416 e. The number of hydrogen-bond acceptors (Lipinski definition) is 10. The van der Waals surface area contributed by atoms with E-state index < -0.39 is 12.1 Å². The highest BCUT2D eigenvalue weighted by atomic mass is 32.2. The first-order valence-corrected chi connectivity index (χ1v) is 11.9. The van der Waals surface area contributed by atoms with Gasteiger partial charge in [-0.1, -0.05) is 25.6 Å². The maximum absolute atomic E-state index is 12.6. The molecule has 14 heteroatoms. The molecule has 1 N–H and O–H groups in total. The molecule has 0 unspecified atom stereocenters. The number of ether oxygens (including phenoxy) is 1. The molecular formula is C21H25N7O6S. The standard InChI is InChI=1S/C21H25N7O6S/c1-21(2)9-16(29)28(17(30)10-21)13-3-4-15(22-11-13)34-20(33)26-7-5-14(6-8-26)35-19-23-24-25-27(19)12-18(31)32/h3-4,11,14H,5-10,12H2,1-2H3,(H,31,32). The molecule has 2 aliphatic heterocycles. The predicted octanol–water partition coefficient (Wildman–Crippen LogP) is 1.59. The van der Waals surface area contributed by atoms with Gasteiger partial charge in [0.25, 0.3) is 0 Å². The van der Waals surface area contributed by atoms with Gasteiger partial charge in [0.15, 0.2) is 0 Å². The van der Waals surface area contributed by atoms with Crippen LogP contribution in [-0.4, -0.2) is 77.4 Å². The minimum absolute atomic E-state index is 0.0698. The van der Waals surface area contributed by atoms with Crippen molar-refractivity contribution in [3.63, 3.8) is 0 Å². The average Bonchev–Trinajstić information content (AvgIpc) is 3.19. The lowest BCUT2D eigenvalue weighted by molar-refractivity contribution is -0.138. The number of tetrazole rings is 1. The molecule has 35 heavy (non-hydrogen) atoms. The summed E-state index contributed by atoms with van der Waals surface area (Å²) in [5.74, 6) is -1.53. The quantitative estimate of drug-likeness (QED) is 0.570. The van der Waals surface area contributed by atoms with Crippen LogP contribution in [0.15, 0.2) is 23.5 Å². The molecule has 186 valence electrons. The van der Waals surface area contributed by atoms with Crippen LogP contribution in [0.5, 0.6) is 5.88 Å². The number of carbonyl (C=O) groups excluding carboxylic acids is 3. The molecule has 2 aromatic rings. The normalized spacial score (nSPS) is 18.6. The summed E-state index contributed by atoms with van der Waals surface area (Å²) in [6.07, 6.45) is 2.64. The van der Waals surface area contributed by atoms with Gasteiger partial charge in [-0.2, -0.15) is 0 Å². The molecule has 0 spiro atoms. The van der Waals surface area contributed by atoms with Gasteiger partial charge < -0.3 is 14.7 Å². The molecule has 0 saturated carbocycles. The van der Waals surface area contributed by atoms with Gasteiger partial charge in [0, 0.05) is 37.2 Å². The fourth-order valence-corrected chi connectivity index (χ4v) is 5.05. The lowest BCUT2D eigenvalue weighted by atomic mass is 9.81. The predicted molar refractivity (Wildman–Crippen MR) is 122 cm³/mol. The molecule has 4 heterocycles. The fraction of sp³-hybridized carbons (Fsp3) is 0.524. The molecule has 0 aromatic carbocycles. The van der Waals surface area contributed by atoms with Gasteiger partial charge in [0.1, 0.15) is 6.54 Å². The Morgan fingerprint density at radius 1 is 1.17 bits per heavy atom. The lowest BCUT2D eigenvalue weighted by Gasteiger charge is -2.34. The van der Waals surface area contributed by atoms with Gasteiger partial charge in [-0.15, -0.1) is 5.10 Å². The van der Waals surface area contributed by atoms with Crippen molar-refractivity contribution in [3.8, 4) is 5.88 Å². The number of likely N-dealkylation sites (tertiary alicyclic amines) is 1. The summed E-state index contributed by atoms with van der Waals surface area (Å²) >= 11 is 1.39. The highest BCUT2D eigenvalue weighted by Crippen LogP contribution is 2.34. The van der Waals surface area contributed by atoms with Crippen LogP contribution in [0.25, 0.3) is 0 Å². The Bertz CT molecular complexity index is 1110. The highest BCUT2D eigenvalue weighted by Gasteiger charge is 2.38. The van der Waals surface area contributed by atoms with Crippen LogP contribution >= 0.6 is 11.8 Å². The van der Waals surface area contributed by atoms with Crippen LogP contribution in [0, 0.1) is 5.41 Å². The summed E-state index contributed by atoms with van der Waals surface area (Å²) in [4.78, 5) is 55.1. The second kappa shape index (κ2) is 9.98. The highest BCUT2D eigenvalue weighted by molar-refractivity contribution is 7.99. The molecule has 2 aliphatic rings. The number of carboxylic acids is 1. The molecule has 3 amide bonds. The van der Waals surface area contributed by atoms with Crippen LogP contribution in [0.4, 0.5) is 10.5 Å². The van der Waals surface area contributed by atoms with Crippen molar-refractivity contribution < 1.29 is 29.0 Å². The number of imide groups is 1. The van der Waals surface area contributed by atoms with E-state index in [1.165, 1.54) is 34.8 Å². The zero-order valence-corrected chi connectivity index (χ0v) is 20.1. The van der Waals surface area contributed by atoms with Crippen molar-refractivity contribution in [2.24, 2.45) is 5.41 Å². The lowest BCUT2D eigenvalue weighted by Crippen LogP contribution is -2.46. The third-order valence-electron chi connectivity index (χ3n) is 5.69. The summed E-state index contributed by atoms with van der Waals surface area (Å²) in [6.45, 7) is 4.34. The number of anilines is 1. The van der Waals surface area contributed by atoms with Gasteiger partial charge in [0.05, 0.1) is 11.9 Å². The fourth-order valence-electron chi connectivity index (χ4n) is 4.00. The molecule has 2 aromatic heterocycles. The summed E-state index contributed by atoms with van der Waals surface area (Å²) in [6, 6.07) is 2.99. The zero-order valence-electron chi connectivity index (χ0n) is 19.3. The summed E-state index contributed by atoms with van der Waals surface area (Å²) in [5, 5.41) is 20.6. The Labute approximate surface area is 204 Å². The Hall–Kier alpha value is -3.55. The van der Waals surface area contributed by atoms with E-state index in [1.807, 2.05) is 13.8 Å². The van der Waals surface area contributed by atoms with Gasteiger partial charge in [-0.25, -0.2) is 19.4 Å². The number of piperidine rings is 2. The molecule has 13 nitrogen and oxygen atoms in total. The van der Waals surface area contributed by atoms with Crippen molar-refractivity contribution in [3.05, 3.63) is 18.3 Å². The van der Waals surface area contributed by atoms with E-state index in [0.29, 0.717) is 36.8 Å². The van der Waals surface area contributed by atoms with E-state index in [4.69, 9.17) is 9.84 Å². The van der Waals surface area contributed by atoms with E-state index in [-0.39, 0.29) is 47.7 Å². The second-order valence-corrected chi connectivity index (χ2v) is 10.4. The maximum atomic E-state index is 12.6. The molecule has 4 rings (SSSR count). The Morgan fingerprint density at radius 2 is 1.86 bits per heavy atom. The summed E-state index contributed by atoms with van der Waals surface area (Å²) in [7, 11) is 0. The first-order valence-electron chi connectivity index (χ1n) is 11.0. The molecule has 0 aliphatic carbocycles. The Morgan fingerprint density at radius 3 is 2.46 bits per heavy atom. The number of amides is 3. The Kier molecular flexibility index (Phi) is 7.00. The van der Waals surface area contributed by atoms with E-state index in [0.717, 1.165) is 4.90 Å². The zero-order chi connectivity index (χ0) is 25.2. The number of thioether (sulfide) groups is 1. The maximum Gasteiger partial charge on any atom is 0.416 e. The van der Waals surface area contributed by atoms with Gasteiger partial charge in [-0.05, 0) is 34.7 Å². The first kappa shape index (κ1) is 24.6. The minimum Gasteiger partial charge on any atom is -0.480 e. The van der Waals surface area contributed by atoms with Crippen LogP contribution in [-0.2, 0) is 20.9 Å². The SMILES string of the molecule is CC1(C)CC(=O)N(c2ccc(OC(=O)N3CCC(Sc4nnnn4CC(=O)O)CC3)nc2)C(=O)C1. The number of aromatic nitrogens is 5. The number of nitrogens with zero attached hydrogens (tertiary/aromatic N) is 7. The van der Waals surface area contributed by atoms with Crippen LogP contribution in [0.2, 0.25) is 0 Å². The third kappa shape index (κ3) is 5.93. The molecule has 0 bridgehead atoms. The second-order valence-electron chi connectivity index (χ2n) is 9.18. The number of rotatable bonds is 6. The van der Waals surface area contributed by atoms with E-state index in [2.05, 4.69) is 20.5 Å². The number of hydrogen-bond donors (Lipinski definition) is 1. The molecule has 2 saturated heterocycles. The molecule has 2 fully saturated rings. The van der Waals surface area contributed by atoms with Crippen molar-refractivity contribution in [2.45, 2.75) is 56.5 Å². The van der Waals surface area contributed by atoms with Crippen molar-refractivity contribution in [2.75, 3.05) is 18.0 Å². The minimum atomic E-state index is -1.03. The van der Waals surface area contributed by atoms with Crippen molar-refractivity contribution in [1.29, 1.82) is 0 Å². The van der Waals surface area contributed by atoms with E-state index in [1.54, 1.807) is 4.90 Å². The molecular weight excluding hydrogens is 478 g/mol. The van der Waals surface area contributed by atoms with Crippen LogP contribution in [0.1, 0.15) is 39.5 Å². The van der Waals surface area contributed by atoms with E-state index >= 15 is 0 Å². The average molecular weight is 504 g/mol. The van der Waals surface area contributed by atoms with Crippen LogP contribution in [0.3, 0.4) is 0 Å². The monoisotopic (exact) mass is 503 g/mol. The molecule has 0 atom stereocenters. The topological polar surface area (TPSA) is 161 Å². The Balaban J connectivity index is 1.28. The summed E-state index contributed by atoms with van der Waals surface area (Å²) in [5.41, 5.74) is -0.0227. The van der Waals surface area contributed by atoms with Crippen molar-refractivity contribution in [1.82, 2.24) is 30.1 Å². The first-order chi connectivity index (χ1) is 16.6. The number of carbonyl (C=O) groups is 4. The van der Waals surface area contributed by atoms with Crippen molar-refractivity contribution >= 4 is 41.3 Å². The van der Waals surface area contributed by atoms with Gasteiger partial charge >= 0.3 is 12.1 Å². The number of pyridine rings is 1. The largest absolute Gasteiger partial charge is 0.480 e. The third-order valence-corrected chi connectivity index (χ3v) is 6.99. The number of carboxylic acid groups (broad SMARTS) is 1. The van der Waals surface area contributed by atoms with Crippen LogP contribution < -0.4 is 9.64 Å². The summed E-state index contributed by atoms with van der Waals surface area (Å²) < 4.78 is 6.60. The van der Waals surface area contributed by atoms with Gasteiger partial charge in [0.2, 0.25) is 22.9 Å². The molecule has 0 radical (unpaired) electrons. The van der Waals surface area contributed by atoms with Gasteiger partial charge in [-0.3, -0.25) is 14.4 Å². The van der Waals surface area contributed by atoms with E-state index in [9.17, 15) is 19.2 Å².